The molecule has 0 atom stereocenters. The highest BCUT2D eigenvalue weighted by atomic mass is 35.5. The fraction of sp³-hybridized carbons (Fsp3) is 0.562. The second kappa shape index (κ2) is 10.1. The van der Waals surface area contributed by atoms with Gasteiger partial charge >= 0.3 is 6.18 Å². The molecule has 0 aromatic heterocycles. The summed E-state index contributed by atoms with van der Waals surface area (Å²) in [4.78, 5) is 12.1. The molecule has 1 aliphatic rings. The van der Waals surface area contributed by atoms with Crippen LogP contribution in [-0.2, 0) is 4.79 Å². The second-order valence-electron chi connectivity index (χ2n) is 5.82. The van der Waals surface area contributed by atoms with Gasteiger partial charge in [-0.05, 0) is 50.4 Å². The number of benzene rings is 1. The molecule has 142 valence electrons. The summed E-state index contributed by atoms with van der Waals surface area (Å²) in [6, 6.07) is 4.19. The molecule has 0 saturated carbocycles. The summed E-state index contributed by atoms with van der Waals surface area (Å²) < 4.78 is 41.7. The Morgan fingerprint density at radius 1 is 1.32 bits per heavy atom. The smallest absolute Gasteiger partial charge is 0.422 e. The molecule has 1 aliphatic heterocycles. The lowest BCUT2D eigenvalue weighted by atomic mass is 9.93. The van der Waals surface area contributed by atoms with E-state index in [1.165, 1.54) is 18.2 Å². The van der Waals surface area contributed by atoms with Crippen LogP contribution in [0.1, 0.15) is 25.7 Å². The van der Waals surface area contributed by atoms with Crippen LogP contribution in [0.4, 0.5) is 18.9 Å². The van der Waals surface area contributed by atoms with Crippen molar-refractivity contribution in [1.82, 2.24) is 5.32 Å². The Labute approximate surface area is 155 Å². The van der Waals surface area contributed by atoms with Gasteiger partial charge in [-0.15, -0.1) is 12.4 Å². The summed E-state index contributed by atoms with van der Waals surface area (Å²) in [5.74, 6) is 0.172. The van der Waals surface area contributed by atoms with Crippen LogP contribution in [-0.4, -0.2) is 31.8 Å². The van der Waals surface area contributed by atoms with Crippen LogP contribution in [0, 0.1) is 5.92 Å². The Balaban J connectivity index is 0.00000312. The number of anilines is 1. The Kier molecular flexibility index (Phi) is 8.82. The van der Waals surface area contributed by atoms with E-state index in [4.69, 9.17) is 16.3 Å². The minimum Gasteiger partial charge on any atom is -0.482 e. The van der Waals surface area contributed by atoms with Crippen molar-refractivity contribution >= 4 is 35.6 Å². The Morgan fingerprint density at radius 3 is 2.64 bits per heavy atom. The molecule has 2 rings (SSSR count). The molecule has 0 unspecified atom stereocenters. The van der Waals surface area contributed by atoms with Gasteiger partial charge in [-0.1, -0.05) is 11.6 Å². The minimum atomic E-state index is -4.46. The van der Waals surface area contributed by atoms with Crippen molar-refractivity contribution < 1.29 is 22.7 Å². The Morgan fingerprint density at radius 2 is 2.00 bits per heavy atom. The number of carbonyl (C=O) groups is 1. The van der Waals surface area contributed by atoms with Gasteiger partial charge in [-0.2, -0.15) is 13.2 Å². The second-order valence-corrected chi connectivity index (χ2v) is 6.26. The van der Waals surface area contributed by atoms with Crippen molar-refractivity contribution in [3.05, 3.63) is 23.2 Å². The highest BCUT2D eigenvalue weighted by molar-refractivity contribution is 6.30. The topological polar surface area (TPSA) is 50.4 Å². The number of halogens is 5. The number of carbonyl (C=O) groups excluding carboxylic acids is 1. The number of alkyl halides is 3. The van der Waals surface area contributed by atoms with Crippen molar-refractivity contribution in [2.75, 3.05) is 25.0 Å². The summed E-state index contributed by atoms with van der Waals surface area (Å²) in [5, 5.41) is 6.10. The molecule has 1 aromatic rings. The molecular formula is C16H21Cl2F3N2O2. The van der Waals surface area contributed by atoms with Gasteiger partial charge in [0.2, 0.25) is 5.91 Å². The fourth-order valence-corrected chi connectivity index (χ4v) is 2.76. The molecule has 1 saturated heterocycles. The van der Waals surface area contributed by atoms with Gasteiger partial charge in [0, 0.05) is 17.5 Å². The van der Waals surface area contributed by atoms with Crippen LogP contribution >= 0.6 is 24.0 Å². The van der Waals surface area contributed by atoms with Gasteiger partial charge in [0.1, 0.15) is 5.75 Å². The SMILES string of the molecule is Cl.O=C(CCC1CCNCC1)Nc1ccc(Cl)cc1OCC(F)(F)F. The zero-order valence-corrected chi connectivity index (χ0v) is 15.1. The highest BCUT2D eigenvalue weighted by Crippen LogP contribution is 2.30. The molecule has 1 aromatic carbocycles. The molecule has 1 fully saturated rings. The number of hydrogen-bond acceptors (Lipinski definition) is 3. The van der Waals surface area contributed by atoms with Crippen molar-refractivity contribution in [1.29, 1.82) is 0 Å². The summed E-state index contributed by atoms with van der Waals surface area (Å²) >= 11 is 5.79. The third-order valence-electron chi connectivity index (χ3n) is 3.85. The summed E-state index contributed by atoms with van der Waals surface area (Å²) in [7, 11) is 0. The van der Waals surface area contributed by atoms with Crippen molar-refractivity contribution in [3.8, 4) is 5.75 Å². The maximum atomic E-state index is 12.3. The zero-order valence-electron chi connectivity index (χ0n) is 13.5. The van der Waals surface area contributed by atoms with Gasteiger partial charge in [0.05, 0.1) is 5.69 Å². The van der Waals surface area contributed by atoms with E-state index in [9.17, 15) is 18.0 Å². The maximum Gasteiger partial charge on any atom is 0.422 e. The van der Waals surface area contributed by atoms with E-state index in [0.717, 1.165) is 32.4 Å². The molecule has 9 heteroatoms. The van der Waals surface area contributed by atoms with Crippen molar-refractivity contribution in [3.63, 3.8) is 0 Å². The molecule has 0 bridgehead atoms. The number of nitrogens with one attached hydrogen (secondary N) is 2. The lowest BCUT2D eigenvalue weighted by Crippen LogP contribution is -2.28. The lowest BCUT2D eigenvalue weighted by Gasteiger charge is -2.22. The van der Waals surface area contributed by atoms with Gasteiger partial charge in [-0.25, -0.2) is 0 Å². The first-order chi connectivity index (χ1) is 11.3. The third kappa shape index (κ3) is 8.16. The molecule has 0 radical (unpaired) electrons. The quantitative estimate of drug-likeness (QED) is 0.742. The average molecular weight is 401 g/mol. The van der Waals surface area contributed by atoms with Gasteiger partial charge < -0.3 is 15.4 Å². The van der Waals surface area contributed by atoms with Crippen LogP contribution in [0.25, 0.3) is 0 Å². The number of hydrogen-bond donors (Lipinski definition) is 2. The van der Waals surface area contributed by atoms with E-state index in [1.807, 2.05) is 0 Å². The third-order valence-corrected chi connectivity index (χ3v) is 4.08. The largest absolute Gasteiger partial charge is 0.482 e. The Bertz CT molecular complexity index is 565. The molecule has 0 aliphatic carbocycles. The molecular weight excluding hydrogens is 380 g/mol. The van der Waals surface area contributed by atoms with Crippen LogP contribution in [0.5, 0.6) is 5.75 Å². The van der Waals surface area contributed by atoms with E-state index in [-0.39, 0.29) is 34.8 Å². The molecule has 25 heavy (non-hydrogen) atoms. The number of piperidine rings is 1. The molecule has 4 nitrogen and oxygen atoms in total. The van der Waals surface area contributed by atoms with Crippen LogP contribution in [0.2, 0.25) is 5.02 Å². The standard InChI is InChI=1S/C16H20ClF3N2O2.ClH/c17-12-2-3-13(14(9-12)24-10-16(18,19)20)22-15(23)4-1-11-5-7-21-8-6-11;/h2-3,9,11,21H,1,4-8,10H2,(H,22,23);1H. The highest BCUT2D eigenvalue weighted by Gasteiger charge is 2.29. The number of rotatable bonds is 6. The van der Waals surface area contributed by atoms with E-state index in [2.05, 4.69) is 10.6 Å². The predicted octanol–water partition coefficient (Wildman–Crippen LogP) is 4.42. The summed E-state index contributed by atoms with van der Waals surface area (Å²) in [6.07, 6.45) is -1.30. The normalized spacial score (nSPS) is 15.4. The van der Waals surface area contributed by atoms with Crippen LogP contribution < -0.4 is 15.4 Å². The molecule has 1 heterocycles. The van der Waals surface area contributed by atoms with Gasteiger partial charge in [0.25, 0.3) is 0 Å². The maximum absolute atomic E-state index is 12.3. The lowest BCUT2D eigenvalue weighted by molar-refractivity contribution is -0.153. The number of ether oxygens (including phenoxy) is 1. The first-order valence-electron chi connectivity index (χ1n) is 7.83. The number of amides is 1. The molecule has 0 spiro atoms. The van der Waals surface area contributed by atoms with E-state index < -0.39 is 12.8 Å². The summed E-state index contributed by atoms with van der Waals surface area (Å²) in [6.45, 7) is 0.475. The van der Waals surface area contributed by atoms with E-state index in [1.54, 1.807) is 0 Å². The van der Waals surface area contributed by atoms with Crippen LogP contribution in [0.15, 0.2) is 18.2 Å². The predicted molar refractivity (Wildman–Crippen MR) is 93.7 cm³/mol. The van der Waals surface area contributed by atoms with Gasteiger partial charge in [-0.3, -0.25) is 4.79 Å². The monoisotopic (exact) mass is 400 g/mol. The van der Waals surface area contributed by atoms with Crippen molar-refractivity contribution in [2.24, 2.45) is 5.92 Å². The Hall–Kier alpha value is -1.18. The van der Waals surface area contributed by atoms with E-state index >= 15 is 0 Å². The first kappa shape index (κ1) is 21.9. The zero-order chi connectivity index (χ0) is 17.6. The molecule has 2 N–H and O–H groups in total. The van der Waals surface area contributed by atoms with Gasteiger partial charge in [0.15, 0.2) is 6.61 Å². The first-order valence-corrected chi connectivity index (χ1v) is 8.21. The van der Waals surface area contributed by atoms with E-state index in [0.29, 0.717) is 12.3 Å². The van der Waals surface area contributed by atoms with Crippen molar-refractivity contribution in [2.45, 2.75) is 31.9 Å². The fourth-order valence-electron chi connectivity index (χ4n) is 2.60. The van der Waals surface area contributed by atoms with Crippen LogP contribution in [0.3, 0.4) is 0 Å². The minimum absolute atomic E-state index is 0. The summed E-state index contributed by atoms with van der Waals surface area (Å²) in [5.41, 5.74) is 0.193. The average Bonchev–Trinajstić information content (AvgIpc) is 2.53. The molecule has 1 amide bonds.